The SMILES string of the molecule is COc1cc(C(=O)NCC(C)(C)N)cc(Cl)c1OCC(C)C. The van der Waals surface area contributed by atoms with Gasteiger partial charge in [0.15, 0.2) is 11.5 Å². The number of benzene rings is 1. The zero-order chi connectivity index (χ0) is 16.9. The van der Waals surface area contributed by atoms with Crippen molar-refractivity contribution in [3.63, 3.8) is 0 Å². The zero-order valence-corrected chi connectivity index (χ0v) is 14.6. The maximum atomic E-state index is 12.2. The molecule has 0 bridgehead atoms. The average molecular weight is 329 g/mol. The van der Waals surface area contributed by atoms with Gasteiger partial charge in [0.25, 0.3) is 5.91 Å². The molecule has 0 saturated heterocycles. The molecule has 0 aliphatic carbocycles. The lowest BCUT2D eigenvalue weighted by molar-refractivity contribution is 0.0945. The molecule has 0 saturated carbocycles. The van der Waals surface area contributed by atoms with Crippen LogP contribution < -0.4 is 20.5 Å². The Kier molecular flexibility index (Phi) is 6.50. The number of carbonyl (C=O) groups is 1. The monoisotopic (exact) mass is 328 g/mol. The van der Waals surface area contributed by atoms with Gasteiger partial charge in [-0.15, -0.1) is 0 Å². The predicted molar refractivity (Wildman–Crippen MR) is 88.9 cm³/mol. The highest BCUT2D eigenvalue weighted by Gasteiger charge is 2.18. The van der Waals surface area contributed by atoms with Gasteiger partial charge in [-0.1, -0.05) is 25.4 Å². The Bertz CT molecular complexity index is 525. The lowest BCUT2D eigenvalue weighted by Crippen LogP contribution is -2.45. The van der Waals surface area contributed by atoms with Crippen LogP contribution in [0.2, 0.25) is 5.02 Å². The molecule has 1 aromatic carbocycles. The van der Waals surface area contributed by atoms with Gasteiger partial charge in [-0.05, 0) is 31.9 Å². The number of nitrogens with one attached hydrogen (secondary N) is 1. The molecule has 0 heterocycles. The summed E-state index contributed by atoms with van der Waals surface area (Å²) in [7, 11) is 1.51. The first-order valence-corrected chi connectivity index (χ1v) is 7.59. The summed E-state index contributed by atoms with van der Waals surface area (Å²) in [5.74, 6) is 0.989. The van der Waals surface area contributed by atoms with E-state index in [4.69, 9.17) is 26.8 Å². The molecule has 0 radical (unpaired) electrons. The van der Waals surface area contributed by atoms with Gasteiger partial charge in [-0.25, -0.2) is 0 Å². The second-order valence-corrected chi connectivity index (χ2v) is 6.77. The Morgan fingerprint density at radius 1 is 1.41 bits per heavy atom. The maximum absolute atomic E-state index is 12.2. The maximum Gasteiger partial charge on any atom is 0.251 e. The molecule has 0 unspecified atom stereocenters. The minimum Gasteiger partial charge on any atom is -0.493 e. The van der Waals surface area contributed by atoms with E-state index in [0.717, 1.165) is 0 Å². The van der Waals surface area contributed by atoms with Crippen molar-refractivity contribution in [2.45, 2.75) is 33.2 Å². The number of hydrogen-bond donors (Lipinski definition) is 2. The molecule has 0 aliphatic rings. The number of hydrogen-bond acceptors (Lipinski definition) is 4. The van der Waals surface area contributed by atoms with Crippen LogP contribution in [0.15, 0.2) is 12.1 Å². The third kappa shape index (κ3) is 5.73. The number of nitrogens with two attached hydrogens (primary N) is 1. The third-order valence-electron chi connectivity index (χ3n) is 2.76. The van der Waals surface area contributed by atoms with Crippen molar-refractivity contribution in [2.24, 2.45) is 11.7 Å². The van der Waals surface area contributed by atoms with E-state index in [-0.39, 0.29) is 5.91 Å². The van der Waals surface area contributed by atoms with Crippen molar-refractivity contribution < 1.29 is 14.3 Å². The fourth-order valence-electron chi connectivity index (χ4n) is 1.65. The van der Waals surface area contributed by atoms with Crippen LogP contribution in [0.5, 0.6) is 11.5 Å². The molecule has 0 atom stereocenters. The fraction of sp³-hybridized carbons (Fsp3) is 0.562. The molecule has 0 spiro atoms. The summed E-state index contributed by atoms with van der Waals surface area (Å²) in [6.07, 6.45) is 0. The van der Waals surface area contributed by atoms with Crippen molar-refractivity contribution in [3.05, 3.63) is 22.7 Å². The van der Waals surface area contributed by atoms with Crippen LogP contribution in [0.4, 0.5) is 0 Å². The highest BCUT2D eigenvalue weighted by molar-refractivity contribution is 6.32. The van der Waals surface area contributed by atoms with E-state index >= 15 is 0 Å². The van der Waals surface area contributed by atoms with Crippen LogP contribution in [0.25, 0.3) is 0 Å². The summed E-state index contributed by atoms with van der Waals surface area (Å²) in [6.45, 7) is 8.63. The van der Waals surface area contributed by atoms with Gasteiger partial charge in [-0.2, -0.15) is 0 Å². The summed E-state index contributed by atoms with van der Waals surface area (Å²) in [6, 6.07) is 3.18. The summed E-state index contributed by atoms with van der Waals surface area (Å²) < 4.78 is 10.9. The summed E-state index contributed by atoms with van der Waals surface area (Å²) >= 11 is 6.22. The van der Waals surface area contributed by atoms with E-state index in [2.05, 4.69) is 5.32 Å². The van der Waals surface area contributed by atoms with Crippen LogP contribution in [-0.2, 0) is 0 Å². The minimum absolute atomic E-state index is 0.255. The number of amides is 1. The van der Waals surface area contributed by atoms with Gasteiger partial charge in [0, 0.05) is 17.6 Å². The number of rotatable bonds is 7. The Morgan fingerprint density at radius 3 is 2.55 bits per heavy atom. The molecule has 0 fully saturated rings. The van der Waals surface area contributed by atoms with E-state index in [1.807, 2.05) is 27.7 Å². The van der Waals surface area contributed by atoms with Crippen LogP contribution >= 0.6 is 11.6 Å². The Balaban J connectivity index is 2.95. The number of methoxy groups -OCH3 is 1. The molecule has 3 N–H and O–H groups in total. The highest BCUT2D eigenvalue weighted by atomic mass is 35.5. The second kappa shape index (κ2) is 7.70. The van der Waals surface area contributed by atoms with Gasteiger partial charge in [0.05, 0.1) is 18.7 Å². The van der Waals surface area contributed by atoms with Crippen molar-refractivity contribution in [1.29, 1.82) is 0 Å². The van der Waals surface area contributed by atoms with Gasteiger partial charge < -0.3 is 20.5 Å². The van der Waals surface area contributed by atoms with Gasteiger partial charge >= 0.3 is 0 Å². The lowest BCUT2D eigenvalue weighted by Gasteiger charge is -2.19. The number of halogens is 1. The smallest absolute Gasteiger partial charge is 0.251 e. The molecule has 6 heteroatoms. The van der Waals surface area contributed by atoms with E-state index in [1.54, 1.807) is 12.1 Å². The number of carbonyl (C=O) groups excluding carboxylic acids is 1. The first-order valence-electron chi connectivity index (χ1n) is 7.21. The van der Waals surface area contributed by atoms with Gasteiger partial charge in [0.1, 0.15) is 0 Å². The van der Waals surface area contributed by atoms with Crippen molar-refractivity contribution in [2.75, 3.05) is 20.3 Å². The highest BCUT2D eigenvalue weighted by Crippen LogP contribution is 2.36. The van der Waals surface area contributed by atoms with Crippen LogP contribution in [0.1, 0.15) is 38.1 Å². The van der Waals surface area contributed by atoms with E-state index in [1.165, 1.54) is 7.11 Å². The van der Waals surface area contributed by atoms with Crippen molar-refractivity contribution >= 4 is 17.5 Å². The lowest BCUT2D eigenvalue weighted by atomic mass is 10.1. The topological polar surface area (TPSA) is 73.6 Å². The standard InChI is InChI=1S/C16H25ClN2O3/c1-10(2)8-22-14-12(17)6-11(7-13(14)21-5)15(20)19-9-16(3,4)18/h6-7,10H,8-9,18H2,1-5H3,(H,19,20). The second-order valence-electron chi connectivity index (χ2n) is 6.37. The van der Waals surface area contributed by atoms with Crippen molar-refractivity contribution in [1.82, 2.24) is 5.32 Å². The molecular weight excluding hydrogens is 304 g/mol. The zero-order valence-electron chi connectivity index (χ0n) is 13.8. The van der Waals surface area contributed by atoms with Crippen LogP contribution in [0, 0.1) is 5.92 Å². The molecule has 1 amide bonds. The summed E-state index contributed by atoms with van der Waals surface area (Å²) in [4.78, 5) is 12.2. The summed E-state index contributed by atoms with van der Waals surface area (Å²) in [5.41, 5.74) is 5.78. The predicted octanol–water partition coefficient (Wildman–Crippen LogP) is 2.85. The normalized spacial score (nSPS) is 11.5. The molecule has 0 aliphatic heterocycles. The molecule has 0 aromatic heterocycles. The largest absolute Gasteiger partial charge is 0.493 e. The first-order chi connectivity index (χ1) is 10.1. The first kappa shape index (κ1) is 18.6. The summed E-state index contributed by atoms with van der Waals surface area (Å²) in [5, 5.41) is 3.11. The van der Waals surface area contributed by atoms with Gasteiger partial charge in [0.2, 0.25) is 0 Å². The minimum atomic E-state index is -0.482. The molecular formula is C16H25ClN2O3. The third-order valence-corrected chi connectivity index (χ3v) is 3.04. The fourth-order valence-corrected chi connectivity index (χ4v) is 1.92. The molecule has 1 aromatic rings. The quantitative estimate of drug-likeness (QED) is 0.807. The molecule has 22 heavy (non-hydrogen) atoms. The Labute approximate surface area is 137 Å². The number of ether oxygens (including phenoxy) is 2. The Morgan fingerprint density at radius 2 is 2.05 bits per heavy atom. The van der Waals surface area contributed by atoms with Crippen molar-refractivity contribution in [3.8, 4) is 11.5 Å². The van der Waals surface area contributed by atoms with E-state index < -0.39 is 5.54 Å². The van der Waals surface area contributed by atoms with Gasteiger partial charge in [-0.3, -0.25) is 4.79 Å². The molecule has 1 rings (SSSR count). The molecule has 5 nitrogen and oxygen atoms in total. The molecule has 124 valence electrons. The van der Waals surface area contributed by atoms with E-state index in [0.29, 0.717) is 41.2 Å². The van der Waals surface area contributed by atoms with E-state index in [9.17, 15) is 4.79 Å². The van der Waals surface area contributed by atoms with Crippen LogP contribution in [-0.4, -0.2) is 31.7 Å². The Hall–Kier alpha value is -1.46. The van der Waals surface area contributed by atoms with Crippen LogP contribution in [0.3, 0.4) is 0 Å². The average Bonchev–Trinajstić information content (AvgIpc) is 2.41.